The molecule has 1 unspecified atom stereocenters. The highest BCUT2D eigenvalue weighted by atomic mass is 32.2. The first-order chi connectivity index (χ1) is 9.43. The second-order valence-electron chi connectivity index (χ2n) is 5.98. The van der Waals surface area contributed by atoms with E-state index in [0.29, 0.717) is 12.4 Å². The van der Waals surface area contributed by atoms with Crippen molar-refractivity contribution in [3.8, 4) is 0 Å². The number of sulfone groups is 1. The second-order valence-corrected chi connectivity index (χ2v) is 8.24. The standard InChI is InChI=1S/C13H27N3O4S/c1-10(7-8-21(6,18)19)16-12(14-5)15-9-11(17)20-13(2,3)4/h10H,7-9H2,1-6H3,(H2,14,15,16). The Morgan fingerprint density at radius 1 is 1.33 bits per heavy atom. The van der Waals surface area contributed by atoms with Gasteiger partial charge in [-0.2, -0.15) is 0 Å². The third kappa shape index (κ3) is 12.2. The molecule has 7 nitrogen and oxygen atoms in total. The molecule has 0 fully saturated rings. The van der Waals surface area contributed by atoms with Crippen LogP contribution >= 0.6 is 0 Å². The third-order valence-corrected chi connectivity index (χ3v) is 3.33. The zero-order chi connectivity index (χ0) is 16.7. The van der Waals surface area contributed by atoms with Crippen molar-refractivity contribution in [2.45, 2.75) is 45.8 Å². The molecule has 0 rings (SSSR count). The van der Waals surface area contributed by atoms with Crippen molar-refractivity contribution in [1.29, 1.82) is 0 Å². The molecule has 0 bridgehead atoms. The van der Waals surface area contributed by atoms with Crippen LogP contribution in [0.4, 0.5) is 0 Å². The van der Waals surface area contributed by atoms with Crippen molar-refractivity contribution in [2.24, 2.45) is 4.99 Å². The highest BCUT2D eigenvalue weighted by Gasteiger charge is 2.16. The predicted molar refractivity (Wildman–Crippen MR) is 84.1 cm³/mol. The summed E-state index contributed by atoms with van der Waals surface area (Å²) in [5.41, 5.74) is -0.529. The predicted octanol–water partition coefficient (Wildman–Crippen LogP) is 0.316. The number of rotatable bonds is 6. The van der Waals surface area contributed by atoms with Crippen LogP contribution in [0.1, 0.15) is 34.1 Å². The van der Waals surface area contributed by atoms with Gasteiger partial charge in [-0.1, -0.05) is 0 Å². The summed E-state index contributed by atoms with van der Waals surface area (Å²) in [5.74, 6) is 0.153. The van der Waals surface area contributed by atoms with Crippen LogP contribution in [-0.4, -0.2) is 57.6 Å². The summed E-state index contributed by atoms with van der Waals surface area (Å²) in [6.07, 6.45) is 1.67. The van der Waals surface area contributed by atoms with E-state index in [4.69, 9.17) is 4.74 Å². The maximum Gasteiger partial charge on any atom is 0.325 e. The molecule has 0 radical (unpaired) electrons. The molecule has 0 aromatic carbocycles. The van der Waals surface area contributed by atoms with E-state index < -0.39 is 15.4 Å². The normalized spacial score (nSPS) is 14.5. The molecule has 0 aliphatic heterocycles. The van der Waals surface area contributed by atoms with Gasteiger partial charge in [-0.25, -0.2) is 8.42 Å². The minimum Gasteiger partial charge on any atom is -0.459 e. The Morgan fingerprint density at radius 3 is 2.33 bits per heavy atom. The summed E-state index contributed by atoms with van der Waals surface area (Å²) in [5, 5.41) is 5.86. The molecule has 0 saturated heterocycles. The first kappa shape index (κ1) is 19.7. The first-order valence-corrected chi connectivity index (χ1v) is 8.86. The number of nitrogens with one attached hydrogen (secondary N) is 2. The molecule has 0 saturated carbocycles. The van der Waals surface area contributed by atoms with E-state index in [1.807, 2.05) is 6.92 Å². The Balaban J connectivity index is 4.21. The van der Waals surface area contributed by atoms with Crippen LogP contribution in [0.15, 0.2) is 4.99 Å². The maximum absolute atomic E-state index is 11.6. The Kier molecular flexibility index (Phi) is 7.70. The van der Waals surface area contributed by atoms with Crippen molar-refractivity contribution < 1.29 is 17.9 Å². The van der Waals surface area contributed by atoms with Gasteiger partial charge in [0.25, 0.3) is 0 Å². The highest BCUT2D eigenvalue weighted by molar-refractivity contribution is 7.90. The third-order valence-electron chi connectivity index (χ3n) is 2.35. The molecular formula is C13H27N3O4S. The van der Waals surface area contributed by atoms with E-state index in [0.717, 1.165) is 0 Å². The number of hydrogen-bond donors (Lipinski definition) is 2. The number of guanidine groups is 1. The quantitative estimate of drug-likeness (QED) is 0.415. The summed E-state index contributed by atoms with van der Waals surface area (Å²) in [4.78, 5) is 15.6. The largest absolute Gasteiger partial charge is 0.459 e. The molecule has 124 valence electrons. The van der Waals surface area contributed by atoms with E-state index >= 15 is 0 Å². The van der Waals surface area contributed by atoms with Gasteiger partial charge in [0.05, 0.1) is 5.75 Å². The van der Waals surface area contributed by atoms with Gasteiger partial charge in [-0.3, -0.25) is 9.79 Å². The fraction of sp³-hybridized carbons (Fsp3) is 0.846. The molecule has 21 heavy (non-hydrogen) atoms. The Hall–Kier alpha value is -1.31. The monoisotopic (exact) mass is 321 g/mol. The number of nitrogens with zero attached hydrogens (tertiary/aromatic N) is 1. The van der Waals surface area contributed by atoms with Crippen LogP contribution in [0, 0.1) is 0 Å². The van der Waals surface area contributed by atoms with Gasteiger partial charge < -0.3 is 15.4 Å². The molecule has 1 atom stereocenters. The lowest BCUT2D eigenvalue weighted by Gasteiger charge is -2.21. The lowest BCUT2D eigenvalue weighted by Crippen LogP contribution is -2.45. The van der Waals surface area contributed by atoms with E-state index in [9.17, 15) is 13.2 Å². The number of aliphatic imine (C=N–C) groups is 1. The van der Waals surface area contributed by atoms with Crippen molar-refractivity contribution in [1.82, 2.24) is 10.6 Å². The molecule has 0 heterocycles. The minimum atomic E-state index is -2.98. The van der Waals surface area contributed by atoms with Crippen LogP contribution in [-0.2, 0) is 19.4 Å². The van der Waals surface area contributed by atoms with Crippen molar-refractivity contribution in [3.05, 3.63) is 0 Å². The van der Waals surface area contributed by atoms with Gasteiger partial charge >= 0.3 is 5.97 Å². The van der Waals surface area contributed by atoms with Crippen LogP contribution in [0.25, 0.3) is 0 Å². The average molecular weight is 321 g/mol. The average Bonchev–Trinajstić information content (AvgIpc) is 2.28. The lowest BCUT2D eigenvalue weighted by molar-refractivity contribution is -0.153. The summed E-state index contributed by atoms with van der Waals surface area (Å²) in [7, 11) is -1.41. The van der Waals surface area contributed by atoms with Crippen molar-refractivity contribution in [2.75, 3.05) is 25.6 Å². The van der Waals surface area contributed by atoms with E-state index in [-0.39, 0.29) is 24.3 Å². The van der Waals surface area contributed by atoms with Gasteiger partial charge in [-0.15, -0.1) is 0 Å². The number of carbonyl (C=O) groups is 1. The number of ether oxygens (including phenoxy) is 1. The molecule has 0 aromatic rings. The molecule has 2 N–H and O–H groups in total. The maximum atomic E-state index is 11.6. The van der Waals surface area contributed by atoms with Crippen LogP contribution in [0.2, 0.25) is 0 Å². The summed E-state index contributed by atoms with van der Waals surface area (Å²) in [6, 6.07) is -0.0791. The van der Waals surface area contributed by atoms with Gasteiger partial charge in [0, 0.05) is 19.3 Å². The zero-order valence-electron chi connectivity index (χ0n) is 13.7. The fourth-order valence-electron chi connectivity index (χ4n) is 1.42. The lowest BCUT2D eigenvalue weighted by atomic mass is 10.2. The van der Waals surface area contributed by atoms with Crippen LogP contribution in [0.5, 0.6) is 0 Å². The fourth-order valence-corrected chi connectivity index (χ4v) is 2.21. The van der Waals surface area contributed by atoms with Gasteiger partial charge in [0.2, 0.25) is 0 Å². The Bertz CT molecular complexity index is 466. The van der Waals surface area contributed by atoms with Gasteiger partial charge in [-0.05, 0) is 34.1 Å². The molecule has 0 aliphatic rings. The number of hydrogen-bond acceptors (Lipinski definition) is 5. The summed E-state index contributed by atoms with van der Waals surface area (Å²) in [6.45, 7) is 7.24. The first-order valence-electron chi connectivity index (χ1n) is 6.79. The minimum absolute atomic E-state index is 0.00423. The van der Waals surface area contributed by atoms with Crippen LogP contribution in [0.3, 0.4) is 0 Å². The van der Waals surface area contributed by atoms with Crippen molar-refractivity contribution in [3.63, 3.8) is 0 Å². The smallest absolute Gasteiger partial charge is 0.325 e. The zero-order valence-corrected chi connectivity index (χ0v) is 14.5. The van der Waals surface area contributed by atoms with Gasteiger partial charge in [0.1, 0.15) is 22.0 Å². The van der Waals surface area contributed by atoms with Crippen LogP contribution < -0.4 is 10.6 Å². The topological polar surface area (TPSA) is 96.9 Å². The van der Waals surface area contributed by atoms with Gasteiger partial charge in [0.15, 0.2) is 5.96 Å². The highest BCUT2D eigenvalue weighted by Crippen LogP contribution is 2.06. The van der Waals surface area contributed by atoms with E-state index in [1.54, 1.807) is 27.8 Å². The molecule has 8 heteroatoms. The summed E-state index contributed by atoms with van der Waals surface area (Å²) < 4.78 is 27.4. The van der Waals surface area contributed by atoms with E-state index in [2.05, 4.69) is 15.6 Å². The second kappa shape index (κ2) is 8.21. The molecule has 0 amide bonds. The SMILES string of the molecule is CN=C(NCC(=O)OC(C)(C)C)NC(C)CCS(C)(=O)=O. The molecule has 0 aliphatic carbocycles. The van der Waals surface area contributed by atoms with Crippen molar-refractivity contribution >= 4 is 21.8 Å². The number of carbonyl (C=O) groups excluding carboxylic acids is 1. The molecule has 0 spiro atoms. The van der Waals surface area contributed by atoms with E-state index in [1.165, 1.54) is 6.26 Å². The summed E-state index contributed by atoms with van der Waals surface area (Å²) >= 11 is 0. The molecule has 0 aromatic heterocycles. The Labute approximate surface area is 127 Å². The number of esters is 1. The Morgan fingerprint density at radius 2 is 1.90 bits per heavy atom. The molecular weight excluding hydrogens is 294 g/mol.